The van der Waals surface area contributed by atoms with E-state index in [0.717, 1.165) is 5.56 Å². The van der Waals surface area contributed by atoms with Crippen molar-refractivity contribution in [2.24, 2.45) is 7.05 Å². The summed E-state index contributed by atoms with van der Waals surface area (Å²) in [7, 11) is 3.35. The van der Waals surface area contributed by atoms with Crippen LogP contribution in [0.15, 0.2) is 79.0 Å². The highest BCUT2D eigenvalue weighted by molar-refractivity contribution is 5.97. The average molecular weight is 613 g/mol. The number of nitrogens with one attached hydrogen (secondary N) is 2. The second kappa shape index (κ2) is 12.7. The minimum atomic E-state index is -0.619. The number of aryl methyl sites for hydroxylation is 1. The van der Waals surface area contributed by atoms with Gasteiger partial charge in [0.15, 0.2) is 6.61 Å². The first kappa shape index (κ1) is 29.7. The van der Waals surface area contributed by atoms with E-state index in [2.05, 4.69) is 10.6 Å². The third kappa shape index (κ3) is 6.62. The molecular weight excluding hydrogens is 579 g/mol. The molecule has 1 saturated heterocycles. The first-order valence-corrected chi connectivity index (χ1v) is 14.6. The summed E-state index contributed by atoms with van der Waals surface area (Å²) in [6.45, 7) is 0.371. The summed E-state index contributed by atoms with van der Waals surface area (Å²) in [5.74, 6) is -0.191. The highest BCUT2D eigenvalue weighted by Gasteiger charge is 2.35. The lowest BCUT2D eigenvalue weighted by Gasteiger charge is -2.39. The Balaban J connectivity index is 1.37. The maximum absolute atomic E-state index is 14.7. The van der Waals surface area contributed by atoms with Gasteiger partial charge in [0, 0.05) is 56.5 Å². The number of benzene rings is 3. The summed E-state index contributed by atoms with van der Waals surface area (Å²) < 4.78 is 34.0. The van der Waals surface area contributed by atoms with Crippen molar-refractivity contribution in [3.8, 4) is 28.4 Å². The van der Waals surface area contributed by atoms with E-state index in [1.165, 1.54) is 12.1 Å². The van der Waals surface area contributed by atoms with Gasteiger partial charge in [-0.05, 0) is 65.7 Å². The van der Waals surface area contributed by atoms with Gasteiger partial charge in [-0.3, -0.25) is 14.4 Å². The zero-order valence-electron chi connectivity index (χ0n) is 24.9. The number of amides is 3. The van der Waals surface area contributed by atoms with Crippen LogP contribution in [0, 0.1) is 5.82 Å². The van der Waals surface area contributed by atoms with Crippen molar-refractivity contribution in [3.63, 3.8) is 0 Å². The maximum atomic E-state index is 14.7. The van der Waals surface area contributed by atoms with Gasteiger partial charge in [-0.15, -0.1) is 0 Å². The molecular formula is C34H33FN4O6. The van der Waals surface area contributed by atoms with Gasteiger partial charge >= 0.3 is 0 Å². The molecule has 0 aliphatic carbocycles. The van der Waals surface area contributed by atoms with E-state index in [0.29, 0.717) is 46.8 Å². The fourth-order valence-corrected chi connectivity index (χ4v) is 5.69. The molecule has 0 spiro atoms. The van der Waals surface area contributed by atoms with Gasteiger partial charge in [-0.1, -0.05) is 12.1 Å². The number of piperidine rings is 1. The van der Waals surface area contributed by atoms with Gasteiger partial charge in [0.2, 0.25) is 0 Å². The number of hydrogen-bond acceptors (Lipinski definition) is 6. The van der Waals surface area contributed by atoms with E-state index in [4.69, 9.17) is 14.2 Å². The minimum Gasteiger partial charge on any atom is -0.496 e. The van der Waals surface area contributed by atoms with E-state index >= 15 is 0 Å². The Morgan fingerprint density at radius 2 is 1.87 bits per heavy atom. The SMILES string of the molecule is COc1ccc2cc1-c1cccc(c1)OCC(=O)NCc1cc(F)cc(c1)O[C@@H]1CCN(C(=O)c3cccn3C)C[C@H]1NC2=O. The molecule has 2 aliphatic heterocycles. The van der Waals surface area contributed by atoms with E-state index in [1.54, 1.807) is 84.4 Å². The van der Waals surface area contributed by atoms with Gasteiger partial charge in [-0.2, -0.15) is 0 Å². The Morgan fingerprint density at radius 3 is 2.67 bits per heavy atom. The predicted molar refractivity (Wildman–Crippen MR) is 164 cm³/mol. The third-order valence-corrected chi connectivity index (χ3v) is 8.00. The number of methoxy groups -OCH3 is 1. The molecule has 0 radical (unpaired) electrons. The normalized spacial score (nSPS) is 18.5. The van der Waals surface area contributed by atoms with Gasteiger partial charge in [0.25, 0.3) is 17.7 Å². The molecule has 2 aliphatic rings. The zero-order valence-corrected chi connectivity index (χ0v) is 24.9. The van der Waals surface area contributed by atoms with Gasteiger partial charge < -0.3 is 34.3 Å². The Hall–Kier alpha value is -5.32. The summed E-state index contributed by atoms with van der Waals surface area (Å²) in [5, 5.41) is 5.83. The predicted octanol–water partition coefficient (Wildman–Crippen LogP) is 3.94. The first-order chi connectivity index (χ1) is 21.8. The highest BCUT2D eigenvalue weighted by Crippen LogP contribution is 2.33. The molecule has 1 fully saturated rings. The largest absolute Gasteiger partial charge is 0.496 e. The van der Waals surface area contributed by atoms with Crippen molar-refractivity contribution >= 4 is 17.7 Å². The first-order valence-electron chi connectivity index (χ1n) is 14.6. The second-order valence-electron chi connectivity index (χ2n) is 11.1. The number of rotatable bonds is 2. The molecule has 6 bridgehead atoms. The van der Waals surface area contributed by atoms with Crippen LogP contribution in [0.25, 0.3) is 11.1 Å². The third-order valence-electron chi connectivity index (χ3n) is 8.00. The molecule has 11 heteroatoms. The van der Waals surface area contributed by atoms with Crippen molar-refractivity contribution in [1.29, 1.82) is 0 Å². The van der Waals surface area contributed by atoms with Gasteiger partial charge in [0.1, 0.15) is 34.9 Å². The molecule has 3 heterocycles. The van der Waals surface area contributed by atoms with Crippen LogP contribution in [0.4, 0.5) is 4.39 Å². The lowest BCUT2D eigenvalue weighted by atomic mass is 9.99. The molecule has 3 aromatic carbocycles. The Morgan fingerprint density at radius 1 is 1.00 bits per heavy atom. The smallest absolute Gasteiger partial charge is 0.270 e. The number of carbonyl (C=O) groups is 3. The van der Waals surface area contributed by atoms with Crippen molar-refractivity contribution in [2.45, 2.75) is 25.1 Å². The van der Waals surface area contributed by atoms with E-state index in [1.807, 2.05) is 6.07 Å². The van der Waals surface area contributed by atoms with E-state index in [9.17, 15) is 18.8 Å². The number of nitrogens with zero attached hydrogens (tertiary/aromatic N) is 2. The quantitative estimate of drug-likeness (QED) is 0.355. The van der Waals surface area contributed by atoms with Gasteiger partial charge in [0.05, 0.1) is 13.2 Å². The number of fused-ring (bicyclic) bond motifs is 8. The molecule has 3 amide bonds. The monoisotopic (exact) mass is 612 g/mol. The number of hydrogen-bond donors (Lipinski definition) is 2. The lowest BCUT2D eigenvalue weighted by molar-refractivity contribution is -0.123. The molecule has 2 N–H and O–H groups in total. The van der Waals surface area contributed by atoms with Crippen LogP contribution in [-0.4, -0.2) is 66.1 Å². The molecule has 4 aromatic rings. The molecule has 0 unspecified atom stereocenters. The van der Waals surface area contributed by atoms with Crippen molar-refractivity contribution in [1.82, 2.24) is 20.1 Å². The van der Waals surface area contributed by atoms with Crippen LogP contribution < -0.4 is 24.8 Å². The molecule has 1 aromatic heterocycles. The maximum Gasteiger partial charge on any atom is 0.270 e. The fraction of sp³-hybridized carbons (Fsp3) is 0.265. The fourth-order valence-electron chi connectivity index (χ4n) is 5.69. The number of likely N-dealkylation sites (tertiary alicyclic amines) is 1. The number of halogens is 1. The molecule has 10 nitrogen and oxygen atoms in total. The second-order valence-corrected chi connectivity index (χ2v) is 11.1. The van der Waals surface area contributed by atoms with Crippen molar-refractivity contribution in [3.05, 3.63) is 102 Å². The Kier molecular flexibility index (Phi) is 8.41. The van der Waals surface area contributed by atoms with Crippen LogP contribution in [0.1, 0.15) is 32.8 Å². The van der Waals surface area contributed by atoms with Crippen LogP contribution in [0.2, 0.25) is 0 Å². The standard InChI is InChI=1S/C34H33FN4O6/c1-38-11-4-7-29(38)34(42)39-12-10-31-28(19-39)37-33(41)23-8-9-30(43-2)27(16-23)22-5-3-6-25(15-22)44-20-32(40)36-18-21-13-24(35)17-26(14-21)45-31/h3-9,11,13-17,28,31H,10,12,18-20H2,1-2H3,(H,36,40)(H,37,41)/t28-,31-/m1/s1. The van der Waals surface area contributed by atoms with Crippen LogP contribution >= 0.6 is 0 Å². The summed E-state index contributed by atoms with van der Waals surface area (Å²) >= 11 is 0. The molecule has 2 atom stereocenters. The van der Waals surface area contributed by atoms with Crippen LogP contribution in [0.3, 0.4) is 0 Å². The minimum absolute atomic E-state index is 0.0587. The molecule has 45 heavy (non-hydrogen) atoms. The van der Waals surface area contributed by atoms with E-state index < -0.39 is 18.0 Å². The Labute approximate surface area is 259 Å². The summed E-state index contributed by atoms with van der Waals surface area (Å²) in [6.07, 6.45) is 1.62. The van der Waals surface area contributed by atoms with Crippen LogP contribution in [0.5, 0.6) is 17.2 Å². The Bertz CT molecular complexity index is 1750. The molecule has 6 rings (SSSR count). The summed E-state index contributed by atoms with van der Waals surface area (Å²) in [5.41, 5.74) is 2.77. The lowest BCUT2D eigenvalue weighted by Crippen LogP contribution is -2.58. The highest BCUT2D eigenvalue weighted by atomic mass is 19.1. The van der Waals surface area contributed by atoms with Crippen molar-refractivity contribution < 1.29 is 33.0 Å². The van der Waals surface area contributed by atoms with Crippen LogP contribution in [-0.2, 0) is 18.4 Å². The average Bonchev–Trinajstić information content (AvgIpc) is 3.48. The summed E-state index contributed by atoms with van der Waals surface area (Å²) in [6, 6.07) is 19.4. The summed E-state index contributed by atoms with van der Waals surface area (Å²) in [4.78, 5) is 41.5. The van der Waals surface area contributed by atoms with Crippen molar-refractivity contribution in [2.75, 3.05) is 26.8 Å². The topological polar surface area (TPSA) is 111 Å². The van der Waals surface area contributed by atoms with E-state index in [-0.39, 0.29) is 43.2 Å². The molecule has 232 valence electrons. The number of carbonyl (C=O) groups excluding carboxylic acids is 3. The number of aromatic nitrogens is 1. The zero-order chi connectivity index (χ0) is 31.5. The molecule has 0 saturated carbocycles. The van der Waals surface area contributed by atoms with Gasteiger partial charge in [-0.25, -0.2) is 4.39 Å². The number of ether oxygens (including phenoxy) is 3.